The standard InChI is InChI=1S/C16H18BrNOS/c17-14-7-2-4-9-16(14)20-11-5-10-19-15-8-3-1-6-13(15)12-18/h1-4,6-9H,5,10-12,18H2. The van der Waals surface area contributed by atoms with Gasteiger partial charge in [0.2, 0.25) is 0 Å². The molecule has 0 atom stereocenters. The van der Waals surface area contributed by atoms with Gasteiger partial charge in [0.05, 0.1) is 6.61 Å². The third-order valence-electron chi connectivity index (χ3n) is 2.83. The van der Waals surface area contributed by atoms with Crippen molar-refractivity contribution in [3.8, 4) is 5.75 Å². The Morgan fingerprint density at radius 3 is 2.60 bits per heavy atom. The van der Waals surface area contributed by atoms with Crippen molar-refractivity contribution in [2.45, 2.75) is 17.9 Å². The van der Waals surface area contributed by atoms with Crippen molar-refractivity contribution in [2.24, 2.45) is 5.73 Å². The molecule has 0 saturated heterocycles. The van der Waals surface area contributed by atoms with Crippen LogP contribution >= 0.6 is 27.7 Å². The molecule has 2 nitrogen and oxygen atoms in total. The van der Waals surface area contributed by atoms with Crippen LogP contribution in [0.3, 0.4) is 0 Å². The van der Waals surface area contributed by atoms with Gasteiger partial charge in [-0.1, -0.05) is 30.3 Å². The topological polar surface area (TPSA) is 35.2 Å². The summed E-state index contributed by atoms with van der Waals surface area (Å²) < 4.78 is 6.94. The van der Waals surface area contributed by atoms with Crippen molar-refractivity contribution in [2.75, 3.05) is 12.4 Å². The van der Waals surface area contributed by atoms with Crippen LogP contribution < -0.4 is 10.5 Å². The predicted octanol–water partition coefficient (Wildman–Crippen LogP) is 4.47. The van der Waals surface area contributed by atoms with Crippen LogP contribution in [0.4, 0.5) is 0 Å². The van der Waals surface area contributed by atoms with Crippen LogP contribution in [0, 0.1) is 0 Å². The van der Waals surface area contributed by atoms with E-state index in [4.69, 9.17) is 10.5 Å². The Hall–Kier alpha value is -0.970. The Morgan fingerprint density at radius 2 is 1.80 bits per heavy atom. The van der Waals surface area contributed by atoms with Gasteiger partial charge >= 0.3 is 0 Å². The molecule has 20 heavy (non-hydrogen) atoms. The number of benzene rings is 2. The molecule has 0 aliphatic carbocycles. The second-order valence-electron chi connectivity index (χ2n) is 4.29. The van der Waals surface area contributed by atoms with E-state index in [1.807, 2.05) is 42.1 Å². The molecule has 0 radical (unpaired) electrons. The average molecular weight is 352 g/mol. The lowest BCUT2D eigenvalue weighted by atomic mass is 10.2. The Labute approximate surface area is 132 Å². The molecule has 0 aliphatic heterocycles. The van der Waals surface area contributed by atoms with E-state index in [2.05, 4.69) is 34.1 Å². The molecule has 0 spiro atoms. The predicted molar refractivity (Wildman–Crippen MR) is 89.3 cm³/mol. The van der Waals surface area contributed by atoms with Gasteiger partial charge in [-0.2, -0.15) is 0 Å². The quantitative estimate of drug-likeness (QED) is 0.590. The van der Waals surface area contributed by atoms with E-state index in [9.17, 15) is 0 Å². The van der Waals surface area contributed by atoms with Gasteiger partial charge in [-0.15, -0.1) is 11.8 Å². The van der Waals surface area contributed by atoms with E-state index in [1.54, 1.807) is 0 Å². The molecule has 2 rings (SSSR count). The molecule has 0 unspecified atom stereocenters. The molecule has 0 aliphatic rings. The van der Waals surface area contributed by atoms with Crippen molar-refractivity contribution in [1.29, 1.82) is 0 Å². The summed E-state index contributed by atoms with van der Waals surface area (Å²) in [6.07, 6.45) is 1.00. The highest BCUT2D eigenvalue weighted by atomic mass is 79.9. The number of hydrogen-bond acceptors (Lipinski definition) is 3. The van der Waals surface area contributed by atoms with Crippen LogP contribution in [0.5, 0.6) is 5.75 Å². The van der Waals surface area contributed by atoms with Crippen molar-refractivity contribution >= 4 is 27.7 Å². The van der Waals surface area contributed by atoms with Gasteiger partial charge in [-0.05, 0) is 40.5 Å². The van der Waals surface area contributed by atoms with E-state index in [0.717, 1.165) is 28.0 Å². The normalized spacial score (nSPS) is 10.5. The van der Waals surface area contributed by atoms with Crippen molar-refractivity contribution < 1.29 is 4.74 Å². The summed E-state index contributed by atoms with van der Waals surface area (Å²) in [6.45, 7) is 1.23. The van der Waals surface area contributed by atoms with Gasteiger partial charge in [0.25, 0.3) is 0 Å². The zero-order valence-electron chi connectivity index (χ0n) is 11.2. The molecular weight excluding hydrogens is 334 g/mol. The number of ether oxygens (including phenoxy) is 1. The van der Waals surface area contributed by atoms with Gasteiger partial charge in [-0.3, -0.25) is 0 Å². The average Bonchev–Trinajstić information content (AvgIpc) is 2.49. The Kier molecular flexibility index (Phi) is 6.43. The fraction of sp³-hybridized carbons (Fsp3) is 0.250. The Balaban J connectivity index is 1.73. The van der Waals surface area contributed by atoms with Crippen LogP contribution in [0.2, 0.25) is 0 Å². The molecule has 106 valence electrons. The molecule has 0 amide bonds. The van der Waals surface area contributed by atoms with E-state index in [-0.39, 0.29) is 0 Å². The molecule has 0 saturated carbocycles. The van der Waals surface area contributed by atoms with Gasteiger partial charge in [-0.25, -0.2) is 0 Å². The van der Waals surface area contributed by atoms with Gasteiger partial charge in [0.1, 0.15) is 5.75 Å². The van der Waals surface area contributed by atoms with Crippen LogP contribution in [0.1, 0.15) is 12.0 Å². The molecule has 2 aromatic rings. The summed E-state index contributed by atoms with van der Waals surface area (Å²) in [6, 6.07) is 16.2. The molecule has 0 bridgehead atoms. The summed E-state index contributed by atoms with van der Waals surface area (Å²) in [7, 11) is 0. The van der Waals surface area contributed by atoms with E-state index < -0.39 is 0 Å². The molecule has 4 heteroatoms. The number of para-hydroxylation sites is 1. The van der Waals surface area contributed by atoms with Gasteiger partial charge in [0, 0.05) is 27.2 Å². The van der Waals surface area contributed by atoms with E-state index in [0.29, 0.717) is 13.2 Å². The molecule has 0 heterocycles. The lowest BCUT2D eigenvalue weighted by Gasteiger charge is -2.10. The van der Waals surface area contributed by atoms with Crippen LogP contribution in [0.15, 0.2) is 57.9 Å². The maximum absolute atomic E-state index is 5.79. The summed E-state index contributed by atoms with van der Waals surface area (Å²) in [5.74, 6) is 1.94. The summed E-state index contributed by atoms with van der Waals surface area (Å²) in [4.78, 5) is 1.27. The smallest absolute Gasteiger partial charge is 0.123 e. The first-order valence-electron chi connectivity index (χ1n) is 6.59. The lowest BCUT2D eigenvalue weighted by Crippen LogP contribution is -2.04. The second-order valence-corrected chi connectivity index (χ2v) is 6.28. The van der Waals surface area contributed by atoms with E-state index >= 15 is 0 Å². The molecule has 2 aromatic carbocycles. The fourth-order valence-corrected chi connectivity index (χ4v) is 3.29. The SMILES string of the molecule is NCc1ccccc1OCCCSc1ccccc1Br. The minimum absolute atomic E-state index is 0.516. The monoisotopic (exact) mass is 351 g/mol. The number of hydrogen-bond donors (Lipinski definition) is 1. The van der Waals surface area contributed by atoms with Crippen molar-refractivity contribution in [3.63, 3.8) is 0 Å². The van der Waals surface area contributed by atoms with E-state index in [1.165, 1.54) is 4.90 Å². The number of rotatable bonds is 7. The largest absolute Gasteiger partial charge is 0.493 e. The number of thioether (sulfide) groups is 1. The van der Waals surface area contributed by atoms with Crippen molar-refractivity contribution in [1.82, 2.24) is 0 Å². The minimum atomic E-state index is 0.516. The molecule has 0 fully saturated rings. The zero-order chi connectivity index (χ0) is 14.2. The summed E-state index contributed by atoms with van der Waals surface area (Å²) in [5, 5.41) is 0. The Bertz CT molecular complexity index is 548. The van der Waals surface area contributed by atoms with Crippen LogP contribution in [-0.2, 0) is 6.54 Å². The maximum Gasteiger partial charge on any atom is 0.123 e. The van der Waals surface area contributed by atoms with Crippen LogP contribution in [-0.4, -0.2) is 12.4 Å². The minimum Gasteiger partial charge on any atom is -0.493 e. The lowest BCUT2D eigenvalue weighted by molar-refractivity contribution is 0.315. The highest BCUT2D eigenvalue weighted by Gasteiger charge is 2.02. The fourth-order valence-electron chi connectivity index (χ4n) is 1.80. The molecule has 2 N–H and O–H groups in total. The third-order valence-corrected chi connectivity index (χ3v) is 4.95. The summed E-state index contributed by atoms with van der Waals surface area (Å²) >= 11 is 5.40. The maximum atomic E-state index is 5.79. The second kappa shape index (κ2) is 8.35. The molecular formula is C16H18BrNOS. The summed E-state index contributed by atoms with van der Waals surface area (Å²) in [5.41, 5.74) is 6.75. The highest BCUT2D eigenvalue weighted by molar-refractivity contribution is 9.10. The first-order valence-corrected chi connectivity index (χ1v) is 8.37. The molecule has 0 aromatic heterocycles. The van der Waals surface area contributed by atoms with Crippen molar-refractivity contribution in [3.05, 3.63) is 58.6 Å². The Morgan fingerprint density at radius 1 is 1.05 bits per heavy atom. The van der Waals surface area contributed by atoms with Crippen LogP contribution in [0.25, 0.3) is 0 Å². The first kappa shape index (κ1) is 15.4. The number of halogens is 1. The third kappa shape index (κ3) is 4.54. The number of nitrogens with two attached hydrogens (primary N) is 1. The zero-order valence-corrected chi connectivity index (χ0v) is 13.6. The highest BCUT2D eigenvalue weighted by Crippen LogP contribution is 2.27. The van der Waals surface area contributed by atoms with Gasteiger partial charge < -0.3 is 10.5 Å². The van der Waals surface area contributed by atoms with Gasteiger partial charge in [0.15, 0.2) is 0 Å². The first-order chi connectivity index (χ1) is 9.81.